The number of aromatic nitrogens is 2. The van der Waals surface area contributed by atoms with Crippen LogP contribution in [0.15, 0.2) is 30.5 Å². The van der Waals surface area contributed by atoms with Crippen LogP contribution in [0, 0.1) is 6.92 Å². The number of benzene rings is 1. The molecule has 0 atom stereocenters. The molecule has 0 amide bonds. The Labute approximate surface area is 127 Å². The number of aryl methyl sites for hydroxylation is 2. The van der Waals surface area contributed by atoms with Crippen LogP contribution in [0.25, 0.3) is 6.08 Å². The van der Waals surface area contributed by atoms with Crippen LogP contribution in [0.2, 0.25) is 10.0 Å². The first-order valence-corrected chi connectivity index (χ1v) is 6.98. The quantitative estimate of drug-likeness (QED) is 0.619. The number of nitrogens with zero attached hydrogens (tertiary/aromatic N) is 2. The first kappa shape index (κ1) is 14.8. The van der Waals surface area contributed by atoms with Crippen molar-refractivity contribution in [3.8, 4) is 0 Å². The maximum Gasteiger partial charge on any atom is 0.185 e. The van der Waals surface area contributed by atoms with Crippen LogP contribution in [0.4, 0.5) is 0 Å². The Kier molecular flexibility index (Phi) is 4.63. The van der Waals surface area contributed by atoms with Gasteiger partial charge in [-0.05, 0) is 44.2 Å². The molecule has 1 aromatic heterocycles. The Balaban J connectivity index is 2.19. The summed E-state index contributed by atoms with van der Waals surface area (Å²) >= 11 is 11.7. The number of carbonyl (C=O) groups is 1. The molecule has 0 bridgehead atoms. The third-order valence-corrected chi connectivity index (χ3v) is 3.67. The van der Waals surface area contributed by atoms with Crippen LogP contribution < -0.4 is 0 Å². The number of rotatable bonds is 4. The van der Waals surface area contributed by atoms with Gasteiger partial charge < -0.3 is 0 Å². The zero-order valence-electron chi connectivity index (χ0n) is 11.2. The van der Waals surface area contributed by atoms with E-state index in [4.69, 9.17) is 23.2 Å². The van der Waals surface area contributed by atoms with Gasteiger partial charge in [-0.1, -0.05) is 23.2 Å². The van der Waals surface area contributed by atoms with Gasteiger partial charge in [-0.3, -0.25) is 9.48 Å². The highest BCUT2D eigenvalue weighted by Gasteiger charge is 2.06. The van der Waals surface area contributed by atoms with E-state index < -0.39 is 0 Å². The topological polar surface area (TPSA) is 34.9 Å². The van der Waals surface area contributed by atoms with E-state index in [0.29, 0.717) is 15.6 Å². The van der Waals surface area contributed by atoms with Crippen molar-refractivity contribution in [2.75, 3.05) is 0 Å². The maximum absolute atomic E-state index is 12.1. The van der Waals surface area contributed by atoms with Crippen molar-refractivity contribution in [2.45, 2.75) is 20.4 Å². The number of halogens is 2. The van der Waals surface area contributed by atoms with Crippen molar-refractivity contribution >= 4 is 35.1 Å². The minimum Gasteiger partial charge on any atom is -0.289 e. The monoisotopic (exact) mass is 308 g/mol. The zero-order chi connectivity index (χ0) is 14.7. The summed E-state index contributed by atoms with van der Waals surface area (Å²) in [6, 6.07) is 4.84. The number of ketones is 1. The molecule has 0 radical (unpaired) electrons. The lowest BCUT2D eigenvalue weighted by Gasteiger charge is -1.98. The van der Waals surface area contributed by atoms with Crippen LogP contribution in [-0.4, -0.2) is 15.6 Å². The van der Waals surface area contributed by atoms with Crippen LogP contribution in [-0.2, 0) is 6.54 Å². The van der Waals surface area contributed by atoms with Gasteiger partial charge in [0.25, 0.3) is 0 Å². The Bertz CT molecular complexity index is 675. The lowest BCUT2D eigenvalue weighted by molar-refractivity contribution is 0.104. The molecule has 0 saturated carbocycles. The molecule has 2 rings (SSSR count). The van der Waals surface area contributed by atoms with Gasteiger partial charge in [0, 0.05) is 23.9 Å². The third kappa shape index (κ3) is 3.30. The van der Waals surface area contributed by atoms with Crippen molar-refractivity contribution in [3.63, 3.8) is 0 Å². The molecular formula is C15H14Cl2N2O. The predicted molar refractivity (Wildman–Crippen MR) is 82.5 cm³/mol. The van der Waals surface area contributed by atoms with Crippen LogP contribution in [0.1, 0.15) is 28.5 Å². The summed E-state index contributed by atoms with van der Waals surface area (Å²) in [7, 11) is 0. The van der Waals surface area contributed by atoms with E-state index in [9.17, 15) is 4.79 Å². The summed E-state index contributed by atoms with van der Waals surface area (Å²) in [5.41, 5.74) is 2.33. The van der Waals surface area contributed by atoms with Gasteiger partial charge in [-0.25, -0.2) is 0 Å². The van der Waals surface area contributed by atoms with Gasteiger partial charge in [-0.2, -0.15) is 5.10 Å². The van der Waals surface area contributed by atoms with E-state index in [0.717, 1.165) is 17.8 Å². The fourth-order valence-electron chi connectivity index (χ4n) is 1.77. The Morgan fingerprint density at radius 2 is 2.10 bits per heavy atom. The minimum absolute atomic E-state index is 0.118. The summed E-state index contributed by atoms with van der Waals surface area (Å²) in [5.74, 6) is -0.118. The highest BCUT2D eigenvalue weighted by molar-refractivity contribution is 6.42. The van der Waals surface area contributed by atoms with Crippen LogP contribution in [0.3, 0.4) is 0 Å². The number of hydrogen-bond donors (Lipinski definition) is 0. The zero-order valence-corrected chi connectivity index (χ0v) is 12.7. The van der Waals surface area contributed by atoms with E-state index in [1.165, 1.54) is 6.08 Å². The lowest BCUT2D eigenvalue weighted by Crippen LogP contribution is -1.94. The molecular weight excluding hydrogens is 295 g/mol. The van der Waals surface area contributed by atoms with E-state index in [-0.39, 0.29) is 5.78 Å². The van der Waals surface area contributed by atoms with Crippen molar-refractivity contribution < 1.29 is 4.79 Å². The van der Waals surface area contributed by atoms with Gasteiger partial charge in [0.05, 0.1) is 15.7 Å². The number of allylic oxidation sites excluding steroid dienone is 1. The second-order valence-corrected chi connectivity index (χ2v) is 5.17. The Morgan fingerprint density at radius 3 is 2.70 bits per heavy atom. The molecule has 2 aromatic rings. The molecule has 0 aliphatic rings. The Morgan fingerprint density at radius 1 is 1.35 bits per heavy atom. The van der Waals surface area contributed by atoms with E-state index in [1.54, 1.807) is 24.3 Å². The predicted octanol–water partition coefficient (Wildman–Crippen LogP) is 4.41. The third-order valence-electron chi connectivity index (χ3n) is 2.93. The summed E-state index contributed by atoms with van der Waals surface area (Å²) in [6.07, 6.45) is 5.19. The fraction of sp³-hybridized carbons (Fsp3) is 0.200. The number of carbonyl (C=O) groups excluding carboxylic acids is 1. The van der Waals surface area contributed by atoms with E-state index in [1.807, 2.05) is 24.7 Å². The second-order valence-electron chi connectivity index (χ2n) is 4.35. The molecule has 3 nitrogen and oxygen atoms in total. The molecule has 0 saturated heterocycles. The molecule has 104 valence electrons. The van der Waals surface area contributed by atoms with Gasteiger partial charge in [0.1, 0.15) is 0 Å². The van der Waals surface area contributed by atoms with E-state index in [2.05, 4.69) is 5.10 Å². The standard InChI is InChI=1S/C15H14Cl2N2O/c1-3-19-9-12(10(2)18-19)5-7-15(20)11-4-6-13(16)14(17)8-11/h4-9H,3H2,1-2H3/b7-5+. The van der Waals surface area contributed by atoms with Crippen LogP contribution in [0.5, 0.6) is 0 Å². The van der Waals surface area contributed by atoms with Crippen molar-refractivity contribution in [1.29, 1.82) is 0 Å². The summed E-state index contributed by atoms with van der Waals surface area (Å²) < 4.78 is 1.83. The fourth-order valence-corrected chi connectivity index (χ4v) is 2.07. The average molecular weight is 309 g/mol. The minimum atomic E-state index is -0.118. The van der Waals surface area contributed by atoms with Crippen LogP contribution >= 0.6 is 23.2 Å². The number of hydrogen-bond acceptors (Lipinski definition) is 2. The first-order valence-electron chi connectivity index (χ1n) is 6.22. The van der Waals surface area contributed by atoms with Gasteiger partial charge >= 0.3 is 0 Å². The molecule has 0 spiro atoms. The molecule has 0 aliphatic heterocycles. The second kappa shape index (κ2) is 6.25. The molecule has 0 N–H and O–H groups in total. The van der Waals surface area contributed by atoms with Gasteiger partial charge in [0.15, 0.2) is 5.78 Å². The summed E-state index contributed by atoms with van der Waals surface area (Å²) in [4.78, 5) is 12.1. The molecule has 0 unspecified atom stereocenters. The normalized spacial score (nSPS) is 11.2. The molecule has 1 heterocycles. The summed E-state index contributed by atoms with van der Waals surface area (Å²) in [5, 5.41) is 5.13. The van der Waals surface area contributed by atoms with E-state index >= 15 is 0 Å². The molecule has 0 fully saturated rings. The smallest absolute Gasteiger partial charge is 0.185 e. The van der Waals surface area contributed by atoms with Crippen molar-refractivity contribution in [3.05, 3.63) is 57.3 Å². The van der Waals surface area contributed by atoms with Gasteiger partial charge in [-0.15, -0.1) is 0 Å². The first-order chi connectivity index (χ1) is 9.51. The molecule has 20 heavy (non-hydrogen) atoms. The highest BCUT2D eigenvalue weighted by Crippen LogP contribution is 2.23. The molecule has 5 heteroatoms. The maximum atomic E-state index is 12.1. The van der Waals surface area contributed by atoms with Crippen molar-refractivity contribution in [2.24, 2.45) is 0 Å². The average Bonchev–Trinajstić information content (AvgIpc) is 2.79. The highest BCUT2D eigenvalue weighted by atomic mass is 35.5. The van der Waals surface area contributed by atoms with Gasteiger partial charge in [0.2, 0.25) is 0 Å². The lowest BCUT2D eigenvalue weighted by atomic mass is 10.1. The SMILES string of the molecule is CCn1cc(/C=C/C(=O)c2ccc(Cl)c(Cl)c2)c(C)n1. The summed E-state index contributed by atoms with van der Waals surface area (Å²) in [6.45, 7) is 4.73. The van der Waals surface area contributed by atoms with Crippen molar-refractivity contribution in [1.82, 2.24) is 9.78 Å². The molecule has 0 aliphatic carbocycles. The Hall–Kier alpha value is -1.58. The largest absolute Gasteiger partial charge is 0.289 e. The molecule has 1 aromatic carbocycles.